The smallest absolute Gasteiger partial charge is 0.253 e. The van der Waals surface area contributed by atoms with Crippen LogP contribution in [0.15, 0.2) is 42.5 Å². The molecule has 1 aliphatic heterocycles. The Labute approximate surface area is 172 Å². The normalized spacial score (nSPS) is 15.5. The molecule has 0 spiro atoms. The number of carbonyl (C=O) groups is 2. The Balaban J connectivity index is 1.44. The molecule has 1 saturated heterocycles. The molecule has 0 radical (unpaired) electrons. The first-order valence-electron chi connectivity index (χ1n) is 9.76. The number of piperidine rings is 1. The van der Waals surface area contributed by atoms with Crippen molar-refractivity contribution in [3.63, 3.8) is 0 Å². The Morgan fingerprint density at radius 2 is 1.70 bits per heavy atom. The molecular formula is C22H23F3N2O3. The number of ether oxygens (including phenoxy) is 1. The van der Waals surface area contributed by atoms with Gasteiger partial charge in [0.2, 0.25) is 5.91 Å². The van der Waals surface area contributed by atoms with E-state index < -0.39 is 17.5 Å². The van der Waals surface area contributed by atoms with E-state index in [0.717, 1.165) is 12.1 Å². The van der Waals surface area contributed by atoms with Gasteiger partial charge >= 0.3 is 0 Å². The molecular weight excluding hydrogens is 397 g/mol. The highest BCUT2D eigenvalue weighted by Crippen LogP contribution is 2.20. The van der Waals surface area contributed by atoms with Crippen molar-refractivity contribution in [3.05, 3.63) is 65.5 Å². The fraction of sp³-hybridized carbons (Fsp3) is 0.364. The Bertz CT molecular complexity index is 897. The molecule has 2 amide bonds. The SMILES string of the molecule is CC(COc1ccc(F)cc1F)NC(=O)C1CCN(C(=O)c2ccc(F)cc2)CC1. The quantitative estimate of drug-likeness (QED) is 0.778. The Morgan fingerprint density at radius 3 is 2.33 bits per heavy atom. The molecule has 0 bridgehead atoms. The first kappa shape index (κ1) is 21.7. The van der Waals surface area contributed by atoms with Crippen LogP contribution in [0.5, 0.6) is 5.75 Å². The summed E-state index contributed by atoms with van der Waals surface area (Å²) in [5.41, 5.74) is 0.415. The molecule has 2 aromatic rings. The van der Waals surface area contributed by atoms with Crippen molar-refractivity contribution >= 4 is 11.8 Å². The molecule has 8 heteroatoms. The maximum Gasteiger partial charge on any atom is 0.253 e. The summed E-state index contributed by atoms with van der Waals surface area (Å²) in [6.45, 7) is 2.63. The fourth-order valence-corrected chi connectivity index (χ4v) is 3.33. The van der Waals surface area contributed by atoms with Crippen molar-refractivity contribution < 1.29 is 27.5 Å². The number of rotatable bonds is 6. The third-order valence-electron chi connectivity index (χ3n) is 5.02. The predicted octanol–water partition coefficient (Wildman–Crippen LogP) is 3.54. The van der Waals surface area contributed by atoms with E-state index in [1.807, 2.05) is 0 Å². The lowest BCUT2D eigenvalue weighted by molar-refractivity contribution is -0.127. The third-order valence-corrected chi connectivity index (χ3v) is 5.02. The predicted molar refractivity (Wildman–Crippen MR) is 104 cm³/mol. The molecule has 2 aromatic carbocycles. The van der Waals surface area contributed by atoms with Gasteiger partial charge in [-0.1, -0.05) is 0 Å². The molecule has 0 aliphatic carbocycles. The summed E-state index contributed by atoms with van der Waals surface area (Å²) in [7, 11) is 0. The maximum atomic E-state index is 13.6. The van der Waals surface area contributed by atoms with E-state index in [1.54, 1.807) is 11.8 Å². The van der Waals surface area contributed by atoms with Gasteiger partial charge in [0.1, 0.15) is 18.2 Å². The van der Waals surface area contributed by atoms with E-state index in [9.17, 15) is 22.8 Å². The van der Waals surface area contributed by atoms with Crippen molar-refractivity contribution in [1.29, 1.82) is 0 Å². The third kappa shape index (κ3) is 5.52. The van der Waals surface area contributed by atoms with Gasteiger partial charge < -0.3 is 15.0 Å². The highest BCUT2D eigenvalue weighted by atomic mass is 19.1. The number of hydrogen-bond acceptors (Lipinski definition) is 3. The number of carbonyl (C=O) groups excluding carboxylic acids is 2. The van der Waals surface area contributed by atoms with Crippen LogP contribution in [0.2, 0.25) is 0 Å². The number of halogens is 3. The van der Waals surface area contributed by atoms with Gasteiger partial charge in [-0.3, -0.25) is 9.59 Å². The highest BCUT2D eigenvalue weighted by Gasteiger charge is 2.28. The summed E-state index contributed by atoms with van der Waals surface area (Å²) < 4.78 is 44.8. The summed E-state index contributed by atoms with van der Waals surface area (Å²) in [5.74, 6) is -2.55. The molecule has 1 N–H and O–H groups in total. The van der Waals surface area contributed by atoms with E-state index >= 15 is 0 Å². The second-order valence-electron chi connectivity index (χ2n) is 7.37. The average Bonchev–Trinajstić information content (AvgIpc) is 2.73. The number of benzene rings is 2. The van der Waals surface area contributed by atoms with Gasteiger partial charge in [0.15, 0.2) is 11.6 Å². The van der Waals surface area contributed by atoms with Crippen molar-refractivity contribution in [2.75, 3.05) is 19.7 Å². The van der Waals surface area contributed by atoms with Crippen molar-refractivity contribution in [2.24, 2.45) is 5.92 Å². The first-order chi connectivity index (χ1) is 14.3. The van der Waals surface area contributed by atoms with Gasteiger partial charge in [0.25, 0.3) is 5.91 Å². The summed E-state index contributed by atoms with van der Waals surface area (Å²) >= 11 is 0. The van der Waals surface area contributed by atoms with Crippen LogP contribution in [0.1, 0.15) is 30.1 Å². The van der Waals surface area contributed by atoms with Crippen molar-refractivity contribution in [1.82, 2.24) is 10.2 Å². The Hall–Kier alpha value is -3.03. The minimum atomic E-state index is -0.799. The Kier molecular flexibility index (Phi) is 6.97. The van der Waals surface area contributed by atoms with Gasteiger partial charge in [0, 0.05) is 30.6 Å². The molecule has 0 saturated carbocycles. The topological polar surface area (TPSA) is 58.6 Å². The van der Waals surface area contributed by atoms with Gasteiger partial charge in [-0.2, -0.15) is 0 Å². The lowest BCUT2D eigenvalue weighted by Crippen LogP contribution is -2.46. The number of nitrogens with zero attached hydrogens (tertiary/aromatic N) is 1. The fourth-order valence-electron chi connectivity index (χ4n) is 3.33. The van der Waals surface area contributed by atoms with E-state index in [2.05, 4.69) is 5.32 Å². The lowest BCUT2D eigenvalue weighted by atomic mass is 9.95. The van der Waals surface area contributed by atoms with Crippen LogP contribution in [0.3, 0.4) is 0 Å². The standard InChI is InChI=1S/C22H23F3N2O3/c1-14(13-30-20-7-6-18(24)12-19(20)25)26-21(28)15-8-10-27(11-9-15)22(29)16-2-4-17(23)5-3-16/h2-7,12,14-15H,8-11,13H2,1H3,(H,26,28). The molecule has 5 nitrogen and oxygen atoms in total. The van der Waals surface area contributed by atoms with Crippen LogP contribution in [-0.2, 0) is 4.79 Å². The van der Waals surface area contributed by atoms with Crippen LogP contribution in [0.25, 0.3) is 0 Å². The molecule has 1 aliphatic rings. The summed E-state index contributed by atoms with van der Waals surface area (Å²) in [5, 5.41) is 2.83. The second-order valence-corrected chi connectivity index (χ2v) is 7.37. The van der Waals surface area contributed by atoms with Crippen LogP contribution >= 0.6 is 0 Å². The van der Waals surface area contributed by atoms with Crippen LogP contribution in [0, 0.1) is 23.4 Å². The van der Waals surface area contributed by atoms with E-state index in [0.29, 0.717) is 31.5 Å². The van der Waals surface area contributed by atoms with E-state index in [1.165, 1.54) is 30.3 Å². The molecule has 0 aromatic heterocycles. The van der Waals surface area contributed by atoms with Crippen LogP contribution in [0.4, 0.5) is 13.2 Å². The van der Waals surface area contributed by atoms with Gasteiger partial charge in [0.05, 0.1) is 6.04 Å². The van der Waals surface area contributed by atoms with Gasteiger partial charge in [-0.15, -0.1) is 0 Å². The second kappa shape index (κ2) is 9.65. The minimum absolute atomic E-state index is 0.0379. The Morgan fingerprint density at radius 1 is 1.07 bits per heavy atom. The lowest BCUT2D eigenvalue weighted by Gasteiger charge is -2.32. The molecule has 3 rings (SSSR count). The van der Waals surface area contributed by atoms with Crippen LogP contribution < -0.4 is 10.1 Å². The molecule has 1 atom stereocenters. The molecule has 160 valence electrons. The van der Waals surface area contributed by atoms with Crippen LogP contribution in [-0.4, -0.2) is 42.5 Å². The molecule has 30 heavy (non-hydrogen) atoms. The first-order valence-corrected chi connectivity index (χ1v) is 9.76. The molecule has 1 heterocycles. The number of hydrogen-bond donors (Lipinski definition) is 1. The number of likely N-dealkylation sites (tertiary alicyclic amines) is 1. The molecule has 1 unspecified atom stereocenters. The highest BCUT2D eigenvalue weighted by molar-refractivity contribution is 5.94. The summed E-state index contributed by atoms with van der Waals surface area (Å²) in [6, 6.07) is 8.05. The summed E-state index contributed by atoms with van der Waals surface area (Å²) in [6.07, 6.45) is 1.03. The summed E-state index contributed by atoms with van der Waals surface area (Å²) in [4.78, 5) is 26.6. The van der Waals surface area contributed by atoms with E-state index in [4.69, 9.17) is 4.74 Å². The maximum absolute atomic E-state index is 13.6. The average molecular weight is 420 g/mol. The van der Waals surface area contributed by atoms with E-state index in [-0.39, 0.29) is 36.1 Å². The minimum Gasteiger partial charge on any atom is -0.488 e. The zero-order valence-corrected chi connectivity index (χ0v) is 16.5. The van der Waals surface area contributed by atoms with Gasteiger partial charge in [-0.25, -0.2) is 13.2 Å². The zero-order chi connectivity index (χ0) is 21.7. The number of amides is 2. The van der Waals surface area contributed by atoms with Crippen molar-refractivity contribution in [2.45, 2.75) is 25.8 Å². The zero-order valence-electron chi connectivity index (χ0n) is 16.5. The number of nitrogens with one attached hydrogen (secondary N) is 1. The monoisotopic (exact) mass is 420 g/mol. The molecule has 1 fully saturated rings. The van der Waals surface area contributed by atoms with Crippen molar-refractivity contribution in [3.8, 4) is 5.75 Å². The van der Waals surface area contributed by atoms with Gasteiger partial charge in [-0.05, 0) is 56.2 Å². The largest absolute Gasteiger partial charge is 0.488 e.